The molecule has 5 nitrogen and oxygen atoms in total. The van der Waals surface area contributed by atoms with E-state index in [-0.39, 0.29) is 5.91 Å². The fourth-order valence-electron chi connectivity index (χ4n) is 2.40. The quantitative estimate of drug-likeness (QED) is 0.787. The molecule has 1 heterocycles. The predicted octanol–water partition coefficient (Wildman–Crippen LogP) is 2.87. The van der Waals surface area contributed by atoms with E-state index in [0.29, 0.717) is 12.1 Å². The summed E-state index contributed by atoms with van der Waals surface area (Å²) in [6, 6.07) is 13.5. The van der Waals surface area contributed by atoms with Gasteiger partial charge in [0.1, 0.15) is 5.52 Å². The average Bonchev–Trinajstić information content (AvgIpc) is 3.02. The van der Waals surface area contributed by atoms with Gasteiger partial charge in [-0.2, -0.15) is 0 Å². The Labute approximate surface area is 134 Å². The first kappa shape index (κ1) is 15.1. The maximum absolute atomic E-state index is 12.2. The topological polar surface area (TPSA) is 58.4 Å². The van der Waals surface area contributed by atoms with Gasteiger partial charge >= 0.3 is 0 Å². The summed E-state index contributed by atoms with van der Waals surface area (Å²) in [5.41, 5.74) is 4.40. The summed E-state index contributed by atoms with van der Waals surface area (Å²) >= 11 is 0. The van der Waals surface area contributed by atoms with Crippen molar-refractivity contribution in [3.05, 3.63) is 60.0 Å². The number of benzene rings is 2. The molecule has 0 bridgehead atoms. The molecule has 0 atom stereocenters. The molecule has 0 aliphatic rings. The van der Waals surface area contributed by atoms with Crippen LogP contribution >= 0.6 is 0 Å². The van der Waals surface area contributed by atoms with Crippen molar-refractivity contribution in [3.8, 4) is 0 Å². The van der Waals surface area contributed by atoms with Gasteiger partial charge < -0.3 is 14.6 Å². The maximum Gasteiger partial charge on any atom is 0.251 e. The van der Waals surface area contributed by atoms with Gasteiger partial charge in [0.05, 0.1) is 0 Å². The molecule has 3 rings (SSSR count). The first-order valence-corrected chi connectivity index (χ1v) is 7.51. The molecule has 0 radical (unpaired) electrons. The third-order valence-electron chi connectivity index (χ3n) is 3.72. The molecule has 0 spiro atoms. The van der Waals surface area contributed by atoms with Crippen LogP contribution in [0.4, 0.5) is 5.69 Å². The normalized spacial score (nSPS) is 10.7. The van der Waals surface area contributed by atoms with Crippen LogP contribution in [-0.2, 0) is 6.42 Å². The molecule has 0 saturated carbocycles. The lowest BCUT2D eigenvalue weighted by molar-refractivity contribution is 0.0954. The predicted molar refractivity (Wildman–Crippen MR) is 90.8 cm³/mol. The molecule has 5 heteroatoms. The van der Waals surface area contributed by atoms with Gasteiger partial charge in [-0.15, -0.1) is 0 Å². The van der Waals surface area contributed by atoms with E-state index in [0.717, 1.165) is 28.8 Å². The minimum Gasteiger partial charge on any atom is -0.443 e. The van der Waals surface area contributed by atoms with Crippen molar-refractivity contribution in [2.45, 2.75) is 6.42 Å². The van der Waals surface area contributed by atoms with Crippen molar-refractivity contribution in [1.29, 1.82) is 0 Å². The number of nitrogens with one attached hydrogen (secondary N) is 1. The highest BCUT2D eigenvalue weighted by molar-refractivity contribution is 5.95. The molecular weight excluding hydrogens is 290 g/mol. The van der Waals surface area contributed by atoms with Crippen LogP contribution in [0.15, 0.2) is 53.3 Å². The van der Waals surface area contributed by atoms with Crippen molar-refractivity contribution in [3.63, 3.8) is 0 Å². The zero-order valence-corrected chi connectivity index (χ0v) is 13.2. The SMILES string of the molecule is CN(C)c1cccc(C(=O)NCCc2ccc3ncoc3c2)c1. The highest BCUT2D eigenvalue weighted by Crippen LogP contribution is 2.15. The fourth-order valence-corrected chi connectivity index (χ4v) is 2.40. The summed E-state index contributed by atoms with van der Waals surface area (Å²) in [6.07, 6.45) is 2.18. The summed E-state index contributed by atoms with van der Waals surface area (Å²) in [4.78, 5) is 18.3. The number of carbonyl (C=O) groups excluding carboxylic acids is 1. The maximum atomic E-state index is 12.2. The van der Waals surface area contributed by atoms with Crippen LogP contribution in [0.3, 0.4) is 0 Å². The van der Waals surface area contributed by atoms with Crippen molar-refractivity contribution >= 4 is 22.7 Å². The van der Waals surface area contributed by atoms with Crippen LogP contribution in [0, 0.1) is 0 Å². The number of oxazole rings is 1. The van der Waals surface area contributed by atoms with Gasteiger partial charge in [0.25, 0.3) is 5.91 Å². The molecule has 3 aromatic rings. The largest absolute Gasteiger partial charge is 0.443 e. The van der Waals surface area contributed by atoms with Crippen LogP contribution in [0.1, 0.15) is 15.9 Å². The molecule has 1 amide bonds. The lowest BCUT2D eigenvalue weighted by Gasteiger charge is -2.13. The van der Waals surface area contributed by atoms with Crippen LogP contribution in [0.2, 0.25) is 0 Å². The number of hydrogen-bond acceptors (Lipinski definition) is 4. The lowest BCUT2D eigenvalue weighted by atomic mass is 10.1. The second-order valence-corrected chi connectivity index (χ2v) is 5.61. The van der Waals surface area contributed by atoms with Crippen LogP contribution in [0.25, 0.3) is 11.1 Å². The molecule has 23 heavy (non-hydrogen) atoms. The van der Waals surface area contributed by atoms with Gasteiger partial charge in [-0.3, -0.25) is 4.79 Å². The minimum atomic E-state index is -0.0607. The smallest absolute Gasteiger partial charge is 0.251 e. The molecule has 2 aromatic carbocycles. The van der Waals surface area contributed by atoms with Crippen molar-refractivity contribution in [2.24, 2.45) is 0 Å². The van der Waals surface area contributed by atoms with Gasteiger partial charge in [-0.05, 0) is 42.3 Å². The van der Waals surface area contributed by atoms with Crippen LogP contribution in [-0.4, -0.2) is 31.5 Å². The van der Waals surface area contributed by atoms with Gasteiger partial charge in [-0.1, -0.05) is 12.1 Å². The van der Waals surface area contributed by atoms with E-state index >= 15 is 0 Å². The number of carbonyl (C=O) groups is 1. The van der Waals surface area contributed by atoms with Gasteiger partial charge in [0, 0.05) is 31.9 Å². The van der Waals surface area contributed by atoms with Crippen molar-refractivity contribution in [1.82, 2.24) is 10.3 Å². The summed E-state index contributed by atoms with van der Waals surface area (Å²) in [5, 5.41) is 2.95. The first-order chi connectivity index (χ1) is 11.1. The zero-order valence-electron chi connectivity index (χ0n) is 13.2. The minimum absolute atomic E-state index is 0.0607. The van der Waals surface area contributed by atoms with Crippen LogP contribution < -0.4 is 10.2 Å². The molecular formula is C18H19N3O2. The van der Waals surface area contributed by atoms with E-state index in [4.69, 9.17) is 4.42 Å². The number of amides is 1. The number of aromatic nitrogens is 1. The van der Waals surface area contributed by atoms with E-state index in [9.17, 15) is 4.79 Å². The molecule has 0 unspecified atom stereocenters. The third-order valence-corrected chi connectivity index (χ3v) is 3.72. The number of anilines is 1. The number of hydrogen-bond donors (Lipinski definition) is 1. The lowest BCUT2D eigenvalue weighted by Crippen LogP contribution is -2.25. The second kappa shape index (κ2) is 6.52. The first-order valence-electron chi connectivity index (χ1n) is 7.51. The van der Waals surface area contributed by atoms with E-state index in [1.807, 2.05) is 61.5 Å². The van der Waals surface area contributed by atoms with E-state index in [1.54, 1.807) is 0 Å². The standard InChI is InChI=1S/C18H19N3O2/c1-21(2)15-5-3-4-14(11-15)18(22)19-9-8-13-6-7-16-17(10-13)23-12-20-16/h3-7,10-12H,8-9H2,1-2H3,(H,19,22). The van der Waals surface area contributed by atoms with Crippen molar-refractivity contribution < 1.29 is 9.21 Å². The highest BCUT2D eigenvalue weighted by Gasteiger charge is 2.07. The highest BCUT2D eigenvalue weighted by atomic mass is 16.3. The summed E-state index contributed by atoms with van der Waals surface area (Å²) in [7, 11) is 3.91. The van der Waals surface area contributed by atoms with Crippen molar-refractivity contribution in [2.75, 3.05) is 25.5 Å². The Morgan fingerprint density at radius 1 is 1.22 bits per heavy atom. The number of fused-ring (bicyclic) bond motifs is 1. The van der Waals surface area contributed by atoms with Gasteiger partial charge in [-0.25, -0.2) is 4.98 Å². The Kier molecular flexibility index (Phi) is 4.28. The summed E-state index contributed by atoms with van der Waals surface area (Å²) in [5.74, 6) is -0.0607. The molecule has 118 valence electrons. The summed E-state index contributed by atoms with van der Waals surface area (Å²) in [6.45, 7) is 0.574. The average molecular weight is 309 g/mol. The Hall–Kier alpha value is -2.82. The Morgan fingerprint density at radius 2 is 2.09 bits per heavy atom. The molecule has 1 N–H and O–H groups in total. The summed E-state index contributed by atoms with van der Waals surface area (Å²) < 4.78 is 5.29. The van der Waals surface area contributed by atoms with E-state index < -0.39 is 0 Å². The van der Waals surface area contributed by atoms with E-state index in [2.05, 4.69) is 10.3 Å². The number of rotatable bonds is 5. The fraction of sp³-hybridized carbons (Fsp3) is 0.222. The zero-order chi connectivity index (χ0) is 16.2. The molecule has 0 saturated heterocycles. The Morgan fingerprint density at radius 3 is 2.91 bits per heavy atom. The Bertz CT molecular complexity index is 824. The second-order valence-electron chi connectivity index (χ2n) is 5.61. The monoisotopic (exact) mass is 309 g/mol. The molecule has 0 aliphatic carbocycles. The van der Waals surface area contributed by atoms with Crippen LogP contribution in [0.5, 0.6) is 0 Å². The molecule has 1 aromatic heterocycles. The molecule has 0 fully saturated rings. The third kappa shape index (κ3) is 3.51. The molecule has 0 aliphatic heterocycles. The van der Waals surface area contributed by atoms with Gasteiger partial charge in [0.15, 0.2) is 12.0 Å². The Balaban J connectivity index is 1.59. The number of nitrogens with zero attached hydrogens (tertiary/aromatic N) is 2. The van der Waals surface area contributed by atoms with Gasteiger partial charge in [0.2, 0.25) is 0 Å². The van der Waals surface area contributed by atoms with E-state index in [1.165, 1.54) is 6.39 Å².